The summed E-state index contributed by atoms with van der Waals surface area (Å²) in [4.78, 5) is 0. The Morgan fingerprint density at radius 1 is 0.517 bits per heavy atom. The predicted octanol–water partition coefficient (Wildman–Crippen LogP) is 7.42. The molecule has 4 aromatic carbocycles. The van der Waals surface area contributed by atoms with Crippen LogP contribution in [0.2, 0.25) is 0 Å². The zero-order chi connectivity index (χ0) is 19.9. The van der Waals surface area contributed by atoms with Crippen molar-refractivity contribution in [3.8, 4) is 0 Å². The van der Waals surface area contributed by atoms with Crippen LogP contribution in [0.5, 0.6) is 0 Å². The van der Waals surface area contributed by atoms with E-state index in [0.29, 0.717) is 0 Å². The quantitative estimate of drug-likeness (QED) is 0.244. The standard InChI is InChI=1S/C29H24/c1-2-14-23-15-12-13-22-27(23)29(26-20-10-5-11-21-26)28(24-16-6-3-7-17-24)25-18-8-4-9-19-25/h2-13,15-22H,1,14H2. The third-order valence-corrected chi connectivity index (χ3v) is 5.09. The summed E-state index contributed by atoms with van der Waals surface area (Å²) in [5.74, 6) is 0. The minimum atomic E-state index is 0.837. The first-order chi connectivity index (χ1) is 14.4. The first-order valence-corrected chi connectivity index (χ1v) is 9.98. The first kappa shape index (κ1) is 18.7. The minimum absolute atomic E-state index is 0.837. The van der Waals surface area contributed by atoms with Crippen molar-refractivity contribution in [2.75, 3.05) is 0 Å². The summed E-state index contributed by atoms with van der Waals surface area (Å²) in [5.41, 5.74) is 8.67. The zero-order valence-electron chi connectivity index (χ0n) is 16.5. The van der Waals surface area contributed by atoms with E-state index in [1.54, 1.807) is 0 Å². The molecule has 0 aliphatic heterocycles. The zero-order valence-corrected chi connectivity index (χ0v) is 16.5. The summed E-state index contributed by atoms with van der Waals surface area (Å²) in [6.07, 6.45) is 2.82. The minimum Gasteiger partial charge on any atom is -0.103 e. The molecule has 0 heteroatoms. The van der Waals surface area contributed by atoms with Crippen molar-refractivity contribution in [3.05, 3.63) is 156 Å². The molecule has 140 valence electrons. The second-order valence-corrected chi connectivity index (χ2v) is 7.00. The van der Waals surface area contributed by atoms with Crippen LogP contribution < -0.4 is 0 Å². The smallest absolute Gasteiger partial charge is 0.00239 e. The van der Waals surface area contributed by atoms with Gasteiger partial charge in [-0.05, 0) is 45.4 Å². The van der Waals surface area contributed by atoms with Gasteiger partial charge < -0.3 is 0 Å². The Bertz CT molecular complexity index is 1060. The highest BCUT2D eigenvalue weighted by atomic mass is 14.2. The second-order valence-electron chi connectivity index (χ2n) is 7.00. The van der Waals surface area contributed by atoms with E-state index in [2.05, 4.69) is 122 Å². The molecule has 0 radical (unpaired) electrons. The van der Waals surface area contributed by atoms with Gasteiger partial charge in [0.15, 0.2) is 0 Å². The van der Waals surface area contributed by atoms with Crippen LogP contribution in [0.1, 0.15) is 27.8 Å². The molecule has 0 aliphatic carbocycles. The largest absolute Gasteiger partial charge is 0.103 e. The molecule has 0 heterocycles. The number of hydrogen-bond donors (Lipinski definition) is 0. The van der Waals surface area contributed by atoms with Gasteiger partial charge in [-0.15, -0.1) is 6.58 Å². The lowest BCUT2D eigenvalue weighted by molar-refractivity contribution is 1.25. The van der Waals surface area contributed by atoms with Crippen LogP contribution in [-0.4, -0.2) is 0 Å². The number of hydrogen-bond acceptors (Lipinski definition) is 0. The van der Waals surface area contributed by atoms with Crippen LogP contribution in [-0.2, 0) is 6.42 Å². The van der Waals surface area contributed by atoms with E-state index >= 15 is 0 Å². The van der Waals surface area contributed by atoms with Crippen molar-refractivity contribution in [1.29, 1.82) is 0 Å². The van der Waals surface area contributed by atoms with Gasteiger partial charge in [-0.25, -0.2) is 0 Å². The molecule has 29 heavy (non-hydrogen) atoms. The molecule has 0 bridgehead atoms. The van der Waals surface area contributed by atoms with Crippen LogP contribution in [0.4, 0.5) is 0 Å². The maximum absolute atomic E-state index is 3.97. The summed E-state index contributed by atoms with van der Waals surface area (Å²) in [6, 6.07) is 40.7. The van der Waals surface area contributed by atoms with E-state index in [1.807, 2.05) is 6.08 Å². The third kappa shape index (κ3) is 4.12. The van der Waals surface area contributed by atoms with E-state index in [1.165, 1.54) is 39.0 Å². The SMILES string of the molecule is C=CCc1ccccc1C(=C(c1ccccc1)c1ccccc1)c1ccccc1. The third-order valence-electron chi connectivity index (χ3n) is 5.09. The first-order valence-electron chi connectivity index (χ1n) is 9.98. The fourth-order valence-corrected chi connectivity index (χ4v) is 3.80. The Hall–Kier alpha value is -3.64. The van der Waals surface area contributed by atoms with Gasteiger partial charge in [0.05, 0.1) is 0 Å². The van der Waals surface area contributed by atoms with E-state index < -0.39 is 0 Å². The molecule has 0 aromatic heterocycles. The van der Waals surface area contributed by atoms with Gasteiger partial charge in [0.1, 0.15) is 0 Å². The summed E-state index contributed by atoms with van der Waals surface area (Å²) in [7, 11) is 0. The van der Waals surface area contributed by atoms with E-state index in [-0.39, 0.29) is 0 Å². The molecule has 0 atom stereocenters. The molecule has 0 nitrogen and oxygen atoms in total. The monoisotopic (exact) mass is 372 g/mol. The van der Waals surface area contributed by atoms with E-state index in [0.717, 1.165) is 6.42 Å². The Labute approximate surface area is 173 Å². The highest BCUT2D eigenvalue weighted by molar-refractivity contribution is 6.05. The Balaban J connectivity index is 2.12. The lowest BCUT2D eigenvalue weighted by Gasteiger charge is -2.20. The van der Waals surface area contributed by atoms with Crippen LogP contribution in [0.25, 0.3) is 11.1 Å². The van der Waals surface area contributed by atoms with E-state index in [4.69, 9.17) is 0 Å². The van der Waals surface area contributed by atoms with Crippen molar-refractivity contribution in [1.82, 2.24) is 0 Å². The Morgan fingerprint density at radius 3 is 1.41 bits per heavy atom. The normalized spacial score (nSPS) is 10.3. The highest BCUT2D eigenvalue weighted by Gasteiger charge is 2.17. The number of rotatable bonds is 6. The lowest BCUT2D eigenvalue weighted by Crippen LogP contribution is -2.00. The van der Waals surface area contributed by atoms with Crippen LogP contribution in [0.3, 0.4) is 0 Å². The Kier molecular flexibility index (Phi) is 5.83. The molecular formula is C29H24. The molecule has 0 spiro atoms. The summed E-state index contributed by atoms with van der Waals surface area (Å²) < 4.78 is 0. The van der Waals surface area contributed by atoms with Crippen LogP contribution in [0, 0.1) is 0 Å². The molecule has 0 saturated heterocycles. The van der Waals surface area contributed by atoms with E-state index in [9.17, 15) is 0 Å². The molecule has 0 N–H and O–H groups in total. The van der Waals surface area contributed by atoms with Gasteiger partial charge in [-0.3, -0.25) is 0 Å². The van der Waals surface area contributed by atoms with Crippen LogP contribution >= 0.6 is 0 Å². The molecule has 0 unspecified atom stereocenters. The Morgan fingerprint density at radius 2 is 0.931 bits per heavy atom. The summed E-state index contributed by atoms with van der Waals surface area (Å²) in [5, 5.41) is 0. The van der Waals surface area contributed by atoms with Crippen molar-refractivity contribution in [2.45, 2.75) is 6.42 Å². The highest BCUT2D eigenvalue weighted by Crippen LogP contribution is 2.38. The fourth-order valence-electron chi connectivity index (χ4n) is 3.80. The lowest BCUT2D eigenvalue weighted by atomic mass is 9.83. The van der Waals surface area contributed by atoms with Gasteiger partial charge in [0.25, 0.3) is 0 Å². The average molecular weight is 373 g/mol. The van der Waals surface area contributed by atoms with Gasteiger partial charge in [0, 0.05) is 0 Å². The molecule has 0 aliphatic rings. The topological polar surface area (TPSA) is 0 Å². The molecular weight excluding hydrogens is 348 g/mol. The van der Waals surface area contributed by atoms with Crippen molar-refractivity contribution in [2.24, 2.45) is 0 Å². The fraction of sp³-hybridized carbons (Fsp3) is 0.0345. The second kappa shape index (κ2) is 9.03. The van der Waals surface area contributed by atoms with Gasteiger partial charge in [0.2, 0.25) is 0 Å². The predicted molar refractivity (Wildman–Crippen MR) is 125 cm³/mol. The molecule has 0 fully saturated rings. The summed E-state index contributed by atoms with van der Waals surface area (Å²) >= 11 is 0. The maximum atomic E-state index is 3.97. The summed E-state index contributed by atoms with van der Waals surface area (Å²) in [6.45, 7) is 3.97. The average Bonchev–Trinajstić information content (AvgIpc) is 2.80. The molecule has 4 rings (SSSR count). The van der Waals surface area contributed by atoms with Gasteiger partial charge in [-0.1, -0.05) is 121 Å². The maximum Gasteiger partial charge on any atom is -0.00239 e. The molecule has 0 amide bonds. The van der Waals surface area contributed by atoms with Crippen molar-refractivity contribution < 1.29 is 0 Å². The van der Waals surface area contributed by atoms with Crippen LogP contribution in [0.15, 0.2) is 128 Å². The van der Waals surface area contributed by atoms with Crippen molar-refractivity contribution >= 4 is 11.1 Å². The van der Waals surface area contributed by atoms with Gasteiger partial charge >= 0.3 is 0 Å². The number of allylic oxidation sites excluding steroid dienone is 1. The molecule has 4 aromatic rings. The van der Waals surface area contributed by atoms with Crippen molar-refractivity contribution in [3.63, 3.8) is 0 Å². The van der Waals surface area contributed by atoms with Gasteiger partial charge in [-0.2, -0.15) is 0 Å². The molecule has 0 saturated carbocycles. The number of benzene rings is 4.